The Labute approximate surface area is 660 Å². The summed E-state index contributed by atoms with van der Waals surface area (Å²) in [4.78, 5) is 0. The highest BCUT2D eigenvalue weighted by Gasteiger charge is 2.57. The minimum atomic E-state index is -1.58. The molecular weight excluding hydrogens is 1430 g/mol. The van der Waals surface area contributed by atoms with Crippen LogP contribution in [0.25, 0.3) is 40.0 Å². The summed E-state index contributed by atoms with van der Waals surface area (Å²) in [5.41, 5.74) is 17.2. The molecule has 1 spiro atoms. The van der Waals surface area contributed by atoms with Crippen molar-refractivity contribution in [2.45, 2.75) is 92.8 Å². The molecule has 9 heteroatoms. The lowest BCUT2D eigenvalue weighted by molar-refractivity contribution is 0.349. The van der Waals surface area contributed by atoms with Gasteiger partial charge in [0.05, 0.1) is 10.8 Å². The molecule has 18 rings (SSSR count). The zero-order chi connectivity index (χ0) is 78.9. The van der Waals surface area contributed by atoms with Crippen LogP contribution in [0.1, 0.15) is 176 Å². The summed E-state index contributed by atoms with van der Waals surface area (Å²) < 4.78 is 127. The summed E-state index contributed by atoms with van der Waals surface area (Å²) >= 11 is 0. The fourth-order valence-electron chi connectivity index (χ4n) is 19.9. The van der Waals surface area contributed by atoms with Gasteiger partial charge in [0.2, 0.25) is 0 Å². The van der Waals surface area contributed by atoms with Gasteiger partial charge in [0.25, 0.3) is 0 Å². The van der Waals surface area contributed by atoms with Crippen LogP contribution < -0.4 is 9.47 Å². The Morgan fingerprint density at radius 1 is 0.360 bits per heavy atom. The molecule has 5 unspecified atom stereocenters. The van der Waals surface area contributed by atoms with Crippen molar-refractivity contribution in [3.8, 4) is 45.3 Å². The molecule has 0 aliphatic heterocycles. The molecule has 560 valence electrons. The molecule has 0 saturated heterocycles. The van der Waals surface area contributed by atoms with E-state index < -0.39 is 62.9 Å². The quantitative estimate of drug-likeness (QED) is 0.0484. The van der Waals surface area contributed by atoms with Gasteiger partial charge in [0.1, 0.15) is 28.8 Å². The Morgan fingerprint density at radius 3 is 1.22 bits per heavy atom. The standard InChI is InChI=1S/C105H79F7O2/c1-9-63-19-39-75(40-20-63)113-77-43-33-72(34-44-77)104(88-51-53-94(107)99(111)97(88)109)84-17-13-11-15-79(84)81-47-30-69(57-90(81)104)83(67-26-24-66(25-27-67)62(3)4)55-65-23-49-86-92(56-65)103(60-101(86,5)6)61-102(7,8)87-50-32-71(59-93(87)103)96(68-28-37-74(106)38-29-68)70-31-48-82-80-16-12-14-18-85(80)105(91(82)58-70,89-52-54-95(108)100(112)98(89)110)73-35-45-78(46-36-73)114-76-41-21-64(10-2)22-42-76/h9-54,56-59,83,96H,1-3,55,60-61H2,4-8H3. The first-order chi connectivity index (χ1) is 55.0. The van der Waals surface area contributed by atoms with Crippen LogP contribution in [0.15, 0.2) is 311 Å². The molecule has 4 aliphatic carbocycles. The van der Waals surface area contributed by atoms with Crippen LogP contribution in [0.2, 0.25) is 0 Å². The van der Waals surface area contributed by atoms with E-state index in [0.717, 1.165) is 103 Å². The van der Waals surface area contributed by atoms with Crippen molar-refractivity contribution in [2.75, 3.05) is 0 Å². The molecule has 0 radical (unpaired) electrons. The molecule has 0 aromatic heterocycles. The molecule has 0 bridgehead atoms. The van der Waals surface area contributed by atoms with E-state index in [9.17, 15) is 0 Å². The largest absolute Gasteiger partial charge is 0.457 e. The summed E-state index contributed by atoms with van der Waals surface area (Å²) in [5.74, 6) is -7.37. The van der Waals surface area contributed by atoms with Crippen molar-refractivity contribution in [3.05, 3.63) is 468 Å². The Morgan fingerprint density at radius 2 is 0.746 bits per heavy atom. The third kappa shape index (κ3) is 11.7. The van der Waals surface area contributed by atoms with Crippen LogP contribution >= 0.6 is 0 Å². The number of hydrogen-bond acceptors (Lipinski definition) is 2. The summed E-state index contributed by atoms with van der Waals surface area (Å²) in [7, 11) is 0. The molecule has 5 atom stereocenters. The number of rotatable bonds is 18. The topological polar surface area (TPSA) is 18.5 Å². The summed E-state index contributed by atoms with van der Waals surface area (Å²) in [6.45, 7) is 23.4. The first-order valence-corrected chi connectivity index (χ1v) is 38.6. The van der Waals surface area contributed by atoms with Crippen molar-refractivity contribution in [1.29, 1.82) is 0 Å². The maximum absolute atomic E-state index is 17.5. The number of benzene rings is 14. The molecule has 14 aromatic rings. The van der Waals surface area contributed by atoms with Crippen molar-refractivity contribution in [1.82, 2.24) is 0 Å². The normalized spacial score (nSPS) is 18.1. The SMILES string of the molecule is C=Cc1ccc(Oc2ccc(C3(c4ccc(F)c(F)c4F)c4ccccc4-c4ccc(C(Cc5ccc6c(c5)C5(CC6(C)C)CC(C)(C)c6ccc(C(c7ccc(F)cc7)c7ccc8c(c7)C(c7ccc(Oc9ccc(C=C)cc9)cc7)(c7ccc(F)c(F)c7F)c7ccccc7-8)cc65)c5ccc(C(=C)C)cc5)cc43)cc2)cc1. The van der Waals surface area contributed by atoms with E-state index in [0.29, 0.717) is 62.8 Å². The monoisotopic (exact) mass is 1500 g/mol. The summed E-state index contributed by atoms with van der Waals surface area (Å²) in [6.07, 6.45) is 5.62. The highest BCUT2D eigenvalue weighted by Crippen LogP contribution is 2.65. The molecular formula is C105H79F7O2. The average Bonchev–Trinajstić information content (AvgIpc) is 1.53. The number of hydrogen-bond donors (Lipinski definition) is 0. The second-order valence-electron chi connectivity index (χ2n) is 32.5. The predicted octanol–water partition coefficient (Wildman–Crippen LogP) is 27.5. The lowest BCUT2D eigenvalue weighted by Crippen LogP contribution is -2.30. The summed E-state index contributed by atoms with van der Waals surface area (Å²) in [6, 6.07) is 91.8. The van der Waals surface area contributed by atoms with E-state index in [1.54, 1.807) is 12.2 Å². The van der Waals surface area contributed by atoms with Crippen molar-refractivity contribution in [3.63, 3.8) is 0 Å². The third-order valence-corrected chi connectivity index (χ3v) is 24.9. The van der Waals surface area contributed by atoms with Crippen molar-refractivity contribution < 1.29 is 40.2 Å². The van der Waals surface area contributed by atoms with Gasteiger partial charge in [-0.1, -0.05) is 284 Å². The van der Waals surface area contributed by atoms with Gasteiger partial charge in [-0.15, -0.1) is 0 Å². The highest BCUT2D eigenvalue weighted by molar-refractivity contribution is 5.89. The maximum atomic E-state index is 17.5. The number of ether oxygens (including phenoxy) is 2. The van der Waals surface area contributed by atoms with Crippen LogP contribution in [-0.2, 0) is 33.5 Å². The predicted molar refractivity (Wildman–Crippen MR) is 443 cm³/mol. The van der Waals surface area contributed by atoms with E-state index >= 15 is 30.7 Å². The van der Waals surface area contributed by atoms with Gasteiger partial charge in [-0.3, -0.25) is 0 Å². The van der Waals surface area contributed by atoms with Crippen LogP contribution in [-0.4, -0.2) is 0 Å². The van der Waals surface area contributed by atoms with E-state index in [1.807, 2.05) is 171 Å². The van der Waals surface area contributed by atoms with Gasteiger partial charge in [-0.05, 0) is 238 Å². The van der Waals surface area contributed by atoms with E-state index in [1.165, 1.54) is 46.5 Å². The zero-order valence-electron chi connectivity index (χ0n) is 63.7. The lowest BCUT2D eigenvalue weighted by atomic mass is 9.66. The molecule has 2 nitrogen and oxygen atoms in total. The maximum Gasteiger partial charge on any atom is 0.194 e. The van der Waals surface area contributed by atoms with Crippen molar-refractivity contribution in [2.24, 2.45) is 0 Å². The third-order valence-electron chi connectivity index (χ3n) is 24.9. The molecule has 0 amide bonds. The van der Waals surface area contributed by atoms with Gasteiger partial charge < -0.3 is 9.47 Å². The zero-order valence-corrected chi connectivity index (χ0v) is 63.7. The fourth-order valence-corrected chi connectivity index (χ4v) is 19.9. The number of fused-ring (bicyclic) bond motifs is 10. The Kier molecular flexibility index (Phi) is 17.7. The summed E-state index contributed by atoms with van der Waals surface area (Å²) in [5, 5.41) is 0. The van der Waals surface area contributed by atoms with Gasteiger partial charge in [0, 0.05) is 28.4 Å². The number of allylic oxidation sites excluding steroid dienone is 1. The first-order valence-electron chi connectivity index (χ1n) is 38.6. The molecule has 0 N–H and O–H groups in total. The van der Waals surface area contributed by atoms with E-state index in [-0.39, 0.29) is 27.9 Å². The van der Waals surface area contributed by atoms with Gasteiger partial charge in [-0.2, -0.15) is 0 Å². The minimum absolute atomic E-state index is 0.0351. The minimum Gasteiger partial charge on any atom is -0.457 e. The molecule has 0 saturated carbocycles. The van der Waals surface area contributed by atoms with Crippen LogP contribution in [0.3, 0.4) is 0 Å². The number of halogens is 7. The molecule has 14 aromatic carbocycles. The van der Waals surface area contributed by atoms with Gasteiger partial charge in [-0.25, -0.2) is 30.7 Å². The highest BCUT2D eigenvalue weighted by atomic mass is 19.2. The second kappa shape index (κ2) is 27.7. The average molecular weight is 1510 g/mol. The Balaban J connectivity index is 0.775. The molecule has 0 heterocycles. The smallest absolute Gasteiger partial charge is 0.194 e. The van der Waals surface area contributed by atoms with Crippen LogP contribution in [0.4, 0.5) is 30.7 Å². The van der Waals surface area contributed by atoms with Crippen molar-refractivity contribution >= 4 is 17.7 Å². The molecule has 4 aliphatic rings. The second-order valence-corrected chi connectivity index (χ2v) is 32.5. The molecule has 114 heavy (non-hydrogen) atoms. The van der Waals surface area contributed by atoms with Crippen LogP contribution in [0.5, 0.6) is 23.0 Å². The lowest BCUT2D eigenvalue weighted by Gasteiger charge is -2.35. The molecule has 0 fully saturated rings. The van der Waals surface area contributed by atoms with E-state index in [2.05, 4.69) is 138 Å². The van der Waals surface area contributed by atoms with Gasteiger partial charge in [0.15, 0.2) is 34.9 Å². The van der Waals surface area contributed by atoms with Gasteiger partial charge >= 0.3 is 0 Å². The Hall–Kier alpha value is -12.6. The van der Waals surface area contributed by atoms with Crippen LogP contribution in [0, 0.1) is 40.7 Å². The Bertz CT molecular complexity index is 6230. The fraction of sp³-hybridized carbons (Fsp3) is 0.143. The first kappa shape index (κ1) is 72.9. The van der Waals surface area contributed by atoms with E-state index in [4.69, 9.17) is 9.47 Å².